The van der Waals surface area contributed by atoms with Crippen molar-refractivity contribution >= 4 is 14.8 Å². The summed E-state index contributed by atoms with van der Waals surface area (Å²) in [5, 5.41) is -0.916. The van der Waals surface area contributed by atoms with E-state index in [-0.39, 0.29) is 0 Å². The van der Waals surface area contributed by atoms with E-state index in [0.717, 1.165) is 6.08 Å². The fraction of sp³-hybridized carbons (Fsp3) is 0.769. The van der Waals surface area contributed by atoms with E-state index in [0.29, 0.717) is 26.2 Å². The highest BCUT2D eigenvalue weighted by molar-refractivity contribution is 6.64. The van der Waals surface area contributed by atoms with Gasteiger partial charge in [0.05, 0.1) is 0 Å². The Morgan fingerprint density at radius 3 is 1.79 bits per heavy atom. The zero-order valence-corrected chi connectivity index (χ0v) is 13.7. The molecular formula is C13H26O5Si. The molecule has 112 valence electrons. The lowest BCUT2D eigenvalue weighted by Gasteiger charge is -2.41. The first-order chi connectivity index (χ1) is 8.95. The maximum absolute atomic E-state index is 11.6. The van der Waals surface area contributed by atoms with Gasteiger partial charge in [0.15, 0.2) is 5.22 Å². The minimum absolute atomic E-state index is 0.438. The molecule has 6 heteroatoms. The topological polar surface area (TPSA) is 54.0 Å². The Kier molecular flexibility index (Phi) is 8.16. The summed E-state index contributed by atoms with van der Waals surface area (Å²) in [6.07, 6.45) is 1.68. The summed E-state index contributed by atoms with van der Waals surface area (Å²) in [6.45, 7) is 14.0. The monoisotopic (exact) mass is 290 g/mol. The van der Waals surface area contributed by atoms with Crippen LogP contribution in [0.25, 0.3) is 0 Å². The normalized spacial score (nSPS) is 14.8. The summed E-state index contributed by atoms with van der Waals surface area (Å²) in [4.78, 5) is 11.6. The minimum Gasteiger partial charge on any atom is -0.452 e. The van der Waals surface area contributed by atoms with Gasteiger partial charge >= 0.3 is 14.8 Å². The molecule has 0 aromatic rings. The molecule has 19 heavy (non-hydrogen) atoms. The predicted molar refractivity (Wildman–Crippen MR) is 75.6 cm³/mol. The molecule has 0 rings (SSSR count). The minimum atomic E-state index is -3.12. The van der Waals surface area contributed by atoms with Crippen molar-refractivity contribution < 1.29 is 22.8 Å². The molecule has 0 saturated heterocycles. The number of carbonyl (C=O) groups excluding carboxylic acids is 1. The number of ether oxygens (including phenoxy) is 1. The highest BCUT2D eigenvalue weighted by atomic mass is 28.4. The third kappa shape index (κ3) is 4.41. The molecule has 0 saturated carbocycles. The Hall–Kier alpha value is -0.693. The van der Waals surface area contributed by atoms with Crippen LogP contribution in [0, 0.1) is 0 Å². The lowest BCUT2D eigenvalue weighted by Crippen LogP contribution is -2.65. The van der Waals surface area contributed by atoms with Gasteiger partial charge in [0, 0.05) is 25.9 Å². The van der Waals surface area contributed by atoms with Crippen LogP contribution in [0.5, 0.6) is 0 Å². The second kappa shape index (κ2) is 8.47. The van der Waals surface area contributed by atoms with Gasteiger partial charge in [-0.25, -0.2) is 4.79 Å². The van der Waals surface area contributed by atoms with Gasteiger partial charge in [0.2, 0.25) is 0 Å². The molecule has 0 radical (unpaired) electrons. The van der Waals surface area contributed by atoms with Crippen LogP contribution in [0.4, 0.5) is 0 Å². The van der Waals surface area contributed by atoms with Gasteiger partial charge in [-0.2, -0.15) is 0 Å². The summed E-state index contributed by atoms with van der Waals surface area (Å²) in [7, 11) is -3.12. The Morgan fingerprint density at radius 2 is 1.53 bits per heavy atom. The average molecular weight is 290 g/mol. The molecule has 0 aliphatic carbocycles. The highest BCUT2D eigenvalue weighted by Crippen LogP contribution is 2.31. The Bertz CT molecular complexity index is 278. The molecule has 0 amide bonds. The molecule has 1 unspecified atom stereocenters. The molecule has 0 spiro atoms. The van der Waals surface area contributed by atoms with Crippen LogP contribution in [0.3, 0.4) is 0 Å². The van der Waals surface area contributed by atoms with Gasteiger partial charge < -0.3 is 18.0 Å². The SMILES string of the molecule is C=CC(=O)OC(C)(CC)[Si](OCC)(OCC)OCC. The van der Waals surface area contributed by atoms with Crippen molar-refractivity contribution in [3.63, 3.8) is 0 Å². The largest absolute Gasteiger partial charge is 0.547 e. The van der Waals surface area contributed by atoms with Crippen molar-refractivity contribution in [3.8, 4) is 0 Å². The van der Waals surface area contributed by atoms with E-state index in [2.05, 4.69) is 6.58 Å². The van der Waals surface area contributed by atoms with Crippen LogP contribution in [0.15, 0.2) is 12.7 Å². The second-order valence-corrected chi connectivity index (χ2v) is 7.10. The molecular weight excluding hydrogens is 264 g/mol. The van der Waals surface area contributed by atoms with Gasteiger partial charge in [-0.1, -0.05) is 13.5 Å². The van der Waals surface area contributed by atoms with Crippen molar-refractivity contribution in [1.82, 2.24) is 0 Å². The van der Waals surface area contributed by atoms with Crippen molar-refractivity contribution in [1.29, 1.82) is 0 Å². The van der Waals surface area contributed by atoms with E-state index >= 15 is 0 Å². The van der Waals surface area contributed by atoms with Crippen molar-refractivity contribution in [2.45, 2.75) is 46.3 Å². The zero-order chi connectivity index (χ0) is 14.9. The zero-order valence-electron chi connectivity index (χ0n) is 12.7. The molecule has 5 nitrogen and oxygen atoms in total. The number of hydrogen-bond acceptors (Lipinski definition) is 5. The van der Waals surface area contributed by atoms with Gasteiger partial charge in [-0.3, -0.25) is 0 Å². The summed E-state index contributed by atoms with van der Waals surface area (Å²) in [6, 6.07) is 0. The molecule has 0 aromatic carbocycles. The van der Waals surface area contributed by atoms with Crippen LogP contribution in [0.2, 0.25) is 0 Å². The van der Waals surface area contributed by atoms with E-state index in [4.69, 9.17) is 18.0 Å². The third-order valence-electron chi connectivity index (χ3n) is 2.82. The summed E-state index contributed by atoms with van der Waals surface area (Å²) in [5.41, 5.74) is 0. The third-order valence-corrected chi connectivity index (χ3v) is 6.58. The van der Waals surface area contributed by atoms with Crippen LogP contribution in [-0.4, -0.2) is 39.8 Å². The average Bonchev–Trinajstić information content (AvgIpc) is 2.39. The van der Waals surface area contributed by atoms with Crippen LogP contribution >= 0.6 is 0 Å². The summed E-state index contributed by atoms with van der Waals surface area (Å²) in [5.74, 6) is -0.500. The Labute approximate surface area is 117 Å². The fourth-order valence-electron chi connectivity index (χ4n) is 1.77. The first kappa shape index (κ1) is 18.3. The molecule has 0 aliphatic rings. The maximum Gasteiger partial charge on any atom is 0.547 e. The summed E-state index contributed by atoms with van der Waals surface area (Å²) >= 11 is 0. The van der Waals surface area contributed by atoms with E-state index in [1.54, 1.807) is 6.92 Å². The molecule has 0 aromatic heterocycles. The van der Waals surface area contributed by atoms with Crippen LogP contribution in [0.1, 0.15) is 41.0 Å². The van der Waals surface area contributed by atoms with E-state index in [9.17, 15) is 4.79 Å². The lowest BCUT2D eigenvalue weighted by atomic mass is 10.3. The van der Waals surface area contributed by atoms with E-state index < -0.39 is 20.0 Å². The predicted octanol–water partition coefficient (Wildman–Crippen LogP) is 2.47. The lowest BCUT2D eigenvalue weighted by molar-refractivity contribution is -0.152. The number of carbonyl (C=O) groups is 1. The first-order valence-corrected chi connectivity index (χ1v) is 8.44. The Balaban J connectivity index is 5.44. The molecule has 0 fully saturated rings. The molecule has 0 N–H and O–H groups in total. The van der Waals surface area contributed by atoms with Crippen LogP contribution < -0.4 is 0 Å². The maximum atomic E-state index is 11.6. The van der Waals surface area contributed by atoms with Crippen molar-refractivity contribution in [2.24, 2.45) is 0 Å². The molecule has 1 atom stereocenters. The number of rotatable bonds is 10. The van der Waals surface area contributed by atoms with Gasteiger partial charge in [0.1, 0.15) is 0 Å². The van der Waals surface area contributed by atoms with Gasteiger partial charge in [-0.15, -0.1) is 0 Å². The van der Waals surface area contributed by atoms with Gasteiger partial charge in [-0.05, 0) is 34.1 Å². The Morgan fingerprint density at radius 1 is 1.11 bits per heavy atom. The van der Waals surface area contributed by atoms with Crippen molar-refractivity contribution in [2.75, 3.05) is 19.8 Å². The highest BCUT2D eigenvalue weighted by Gasteiger charge is 2.60. The first-order valence-electron chi connectivity index (χ1n) is 6.72. The van der Waals surface area contributed by atoms with E-state index in [1.165, 1.54) is 0 Å². The molecule has 0 aliphatic heterocycles. The fourth-order valence-corrected chi connectivity index (χ4v) is 4.73. The van der Waals surface area contributed by atoms with Crippen molar-refractivity contribution in [3.05, 3.63) is 12.7 Å². The van der Waals surface area contributed by atoms with Gasteiger partial charge in [0.25, 0.3) is 0 Å². The summed E-state index contributed by atoms with van der Waals surface area (Å²) < 4.78 is 22.9. The standard InChI is InChI=1S/C13H26O5Si/c1-7-12(14)18-13(6,8-2)19(15-9-3,16-10-4)17-11-5/h7H,1,8-11H2,2-6H3. The van der Waals surface area contributed by atoms with Crippen LogP contribution in [-0.2, 0) is 22.8 Å². The smallest absolute Gasteiger partial charge is 0.452 e. The second-order valence-electron chi connectivity index (χ2n) is 4.06. The molecule has 0 heterocycles. The number of esters is 1. The molecule has 0 bridgehead atoms. The quantitative estimate of drug-likeness (QED) is 0.351. The van der Waals surface area contributed by atoms with E-state index in [1.807, 2.05) is 27.7 Å². The number of hydrogen-bond donors (Lipinski definition) is 0.